The third-order valence-corrected chi connectivity index (χ3v) is 4.96. The maximum absolute atomic E-state index is 6.44. The topological polar surface area (TPSA) is 21.3 Å². The quantitative estimate of drug-likeness (QED) is 0.802. The summed E-state index contributed by atoms with van der Waals surface area (Å²) in [5, 5.41) is 4.52. The van der Waals surface area contributed by atoms with Gasteiger partial charge in [-0.15, -0.1) is 0 Å². The zero-order valence-electron chi connectivity index (χ0n) is 11.8. The largest absolute Gasteiger partial charge is 0.377 e. The van der Waals surface area contributed by atoms with Crippen molar-refractivity contribution in [2.75, 3.05) is 11.9 Å². The number of ether oxygens (including phenoxy) is 1. The van der Waals surface area contributed by atoms with Crippen LogP contribution in [0.4, 0.5) is 5.69 Å². The smallest absolute Gasteiger partial charge is 0.0895 e. The fourth-order valence-corrected chi connectivity index (χ4v) is 3.91. The molecule has 2 nitrogen and oxygen atoms in total. The predicted octanol–water partition coefficient (Wildman–Crippen LogP) is 4.97. The molecule has 3 atom stereocenters. The van der Waals surface area contributed by atoms with E-state index in [4.69, 9.17) is 16.3 Å². The Morgan fingerprint density at radius 2 is 1.76 bits per heavy atom. The fraction of sp³-hybridized carbons (Fsp3) is 0.333. The molecule has 1 N–H and O–H groups in total. The number of anilines is 1. The minimum Gasteiger partial charge on any atom is -0.377 e. The van der Waals surface area contributed by atoms with E-state index in [1.807, 2.05) is 12.1 Å². The van der Waals surface area contributed by atoms with Gasteiger partial charge in [0.15, 0.2) is 0 Å². The summed E-state index contributed by atoms with van der Waals surface area (Å²) in [7, 11) is 0. The van der Waals surface area contributed by atoms with Gasteiger partial charge in [-0.1, -0.05) is 48.0 Å². The first kappa shape index (κ1) is 13.2. The van der Waals surface area contributed by atoms with Crippen LogP contribution >= 0.6 is 11.6 Å². The van der Waals surface area contributed by atoms with Crippen LogP contribution in [0.3, 0.4) is 0 Å². The molecule has 3 heteroatoms. The van der Waals surface area contributed by atoms with Gasteiger partial charge in [-0.2, -0.15) is 0 Å². The minimum absolute atomic E-state index is 0.178. The number of para-hydroxylation sites is 1. The van der Waals surface area contributed by atoms with Gasteiger partial charge in [0.05, 0.1) is 12.1 Å². The lowest BCUT2D eigenvalue weighted by atomic mass is 9.77. The first-order valence-corrected chi connectivity index (χ1v) is 7.94. The maximum atomic E-state index is 6.44. The van der Waals surface area contributed by atoms with Crippen LogP contribution in [0.15, 0.2) is 48.5 Å². The monoisotopic (exact) mass is 299 g/mol. The maximum Gasteiger partial charge on any atom is 0.0895 e. The van der Waals surface area contributed by atoms with E-state index in [2.05, 4.69) is 41.7 Å². The van der Waals surface area contributed by atoms with E-state index in [1.165, 1.54) is 23.2 Å². The summed E-state index contributed by atoms with van der Waals surface area (Å²) in [4.78, 5) is 0. The van der Waals surface area contributed by atoms with Gasteiger partial charge in [-0.05, 0) is 30.5 Å². The summed E-state index contributed by atoms with van der Waals surface area (Å²) in [6.07, 6.45) is 2.46. The number of fused-ring (bicyclic) bond motifs is 3. The van der Waals surface area contributed by atoms with Crippen LogP contribution in [0.1, 0.15) is 36.1 Å². The summed E-state index contributed by atoms with van der Waals surface area (Å²) >= 11 is 6.44. The average molecular weight is 300 g/mol. The van der Waals surface area contributed by atoms with Gasteiger partial charge in [0, 0.05) is 28.8 Å². The minimum atomic E-state index is 0.178. The van der Waals surface area contributed by atoms with Crippen LogP contribution < -0.4 is 5.32 Å². The highest BCUT2D eigenvalue weighted by Gasteiger charge is 2.40. The molecule has 0 aromatic heterocycles. The molecule has 108 valence electrons. The third-order valence-electron chi connectivity index (χ3n) is 4.61. The van der Waals surface area contributed by atoms with Crippen LogP contribution in [0, 0.1) is 5.92 Å². The zero-order chi connectivity index (χ0) is 14.2. The van der Waals surface area contributed by atoms with Crippen LogP contribution in [-0.2, 0) is 4.74 Å². The van der Waals surface area contributed by atoms with Crippen molar-refractivity contribution in [1.82, 2.24) is 0 Å². The number of halogens is 1. The number of hydrogen-bond acceptors (Lipinski definition) is 2. The summed E-state index contributed by atoms with van der Waals surface area (Å²) in [6, 6.07) is 16.8. The lowest BCUT2D eigenvalue weighted by Gasteiger charge is -2.43. The van der Waals surface area contributed by atoms with Crippen molar-refractivity contribution in [1.29, 1.82) is 0 Å². The summed E-state index contributed by atoms with van der Waals surface area (Å²) < 4.78 is 6.12. The van der Waals surface area contributed by atoms with Crippen molar-refractivity contribution < 1.29 is 4.74 Å². The molecule has 0 aliphatic carbocycles. The molecule has 1 saturated heterocycles. The fourth-order valence-electron chi connectivity index (χ4n) is 3.65. The molecule has 21 heavy (non-hydrogen) atoms. The van der Waals surface area contributed by atoms with Crippen LogP contribution in [0.25, 0.3) is 0 Å². The summed E-state index contributed by atoms with van der Waals surface area (Å²) in [6.45, 7) is 0.852. The van der Waals surface area contributed by atoms with E-state index in [-0.39, 0.29) is 12.1 Å². The number of nitrogens with one attached hydrogen (secondary N) is 1. The molecular formula is C18H18ClNO. The van der Waals surface area contributed by atoms with Crippen molar-refractivity contribution in [3.63, 3.8) is 0 Å². The lowest BCUT2D eigenvalue weighted by Crippen LogP contribution is -2.36. The van der Waals surface area contributed by atoms with Crippen LogP contribution in [-0.4, -0.2) is 6.61 Å². The normalized spacial score (nSPS) is 27.4. The van der Waals surface area contributed by atoms with Crippen molar-refractivity contribution in [3.05, 3.63) is 64.7 Å². The third kappa shape index (κ3) is 2.23. The Morgan fingerprint density at radius 1 is 1.00 bits per heavy atom. The molecule has 0 amide bonds. The molecule has 0 saturated carbocycles. The van der Waals surface area contributed by atoms with E-state index >= 15 is 0 Å². The molecular weight excluding hydrogens is 282 g/mol. The van der Waals surface area contributed by atoms with Crippen LogP contribution in [0.5, 0.6) is 0 Å². The van der Waals surface area contributed by atoms with Gasteiger partial charge in [-0.25, -0.2) is 0 Å². The Kier molecular flexibility index (Phi) is 3.36. The molecule has 0 unspecified atom stereocenters. The van der Waals surface area contributed by atoms with Gasteiger partial charge in [-0.3, -0.25) is 0 Å². The van der Waals surface area contributed by atoms with Crippen molar-refractivity contribution in [2.24, 2.45) is 5.92 Å². The van der Waals surface area contributed by atoms with Gasteiger partial charge >= 0.3 is 0 Å². The Morgan fingerprint density at radius 3 is 2.62 bits per heavy atom. The molecule has 2 aromatic rings. The lowest BCUT2D eigenvalue weighted by molar-refractivity contribution is -0.0381. The number of hydrogen-bond donors (Lipinski definition) is 1. The Balaban J connectivity index is 1.80. The molecule has 0 bridgehead atoms. The Bertz CT molecular complexity index is 657. The Hall–Kier alpha value is -1.51. The summed E-state index contributed by atoms with van der Waals surface area (Å²) in [5.74, 6) is 0.438. The standard InChI is InChI=1S/C18H18ClNO/c19-15-9-3-1-6-12(15)17-14-8-5-11-21-18(14)13-7-2-4-10-16(13)20-17/h1-4,6-7,9-10,14,17-18,20H,5,8,11H2/t14-,17-,18+/m0/s1. The molecule has 4 rings (SSSR count). The summed E-state index contributed by atoms with van der Waals surface area (Å²) in [5.41, 5.74) is 3.63. The SMILES string of the molecule is Clc1ccccc1[C@@H]1Nc2ccccc2[C@H]2OCCC[C@H]21. The van der Waals surface area contributed by atoms with Crippen LogP contribution in [0.2, 0.25) is 5.02 Å². The first-order chi connectivity index (χ1) is 10.3. The van der Waals surface area contributed by atoms with Crippen molar-refractivity contribution in [2.45, 2.75) is 25.0 Å². The highest BCUT2D eigenvalue weighted by atomic mass is 35.5. The first-order valence-electron chi connectivity index (χ1n) is 7.56. The highest BCUT2D eigenvalue weighted by Crippen LogP contribution is 2.49. The average Bonchev–Trinajstić information content (AvgIpc) is 2.55. The number of benzene rings is 2. The molecule has 2 aliphatic heterocycles. The van der Waals surface area contributed by atoms with Gasteiger partial charge in [0.25, 0.3) is 0 Å². The van der Waals surface area contributed by atoms with E-state index in [0.29, 0.717) is 5.92 Å². The molecule has 2 aliphatic rings. The second-order valence-electron chi connectivity index (χ2n) is 5.83. The van der Waals surface area contributed by atoms with E-state index in [0.717, 1.165) is 18.1 Å². The predicted molar refractivity (Wildman–Crippen MR) is 85.7 cm³/mol. The van der Waals surface area contributed by atoms with Gasteiger partial charge < -0.3 is 10.1 Å². The molecule has 0 spiro atoms. The molecule has 0 radical (unpaired) electrons. The second-order valence-corrected chi connectivity index (χ2v) is 6.24. The second kappa shape index (κ2) is 5.36. The molecule has 2 heterocycles. The van der Waals surface area contributed by atoms with E-state index in [1.54, 1.807) is 0 Å². The Labute approximate surface area is 130 Å². The van der Waals surface area contributed by atoms with E-state index in [9.17, 15) is 0 Å². The van der Waals surface area contributed by atoms with E-state index < -0.39 is 0 Å². The highest BCUT2D eigenvalue weighted by molar-refractivity contribution is 6.31. The molecule has 1 fully saturated rings. The van der Waals surface area contributed by atoms with Crippen molar-refractivity contribution >= 4 is 17.3 Å². The number of rotatable bonds is 1. The van der Waals surface area contributed by atoms with Gasteiger partial charge in [0.1, 0.15) is 0 Å². The van der Waals surface area contributed by atoms with Gasteiger partial charge in [0.2, 0.25) is 0 Å². The zero-order valence-corrected chi connectivity index (χ0v) is 12.5. The molecule has 2 aromatic carbocycles. The van der Waals surface area contributed by atoms with Crippen molar-refractivity contribution in [3.8, 4) is 0 Å².